The number of hydrogen-bond donors (Lipinski definition) is 2. The molecule has 33 heavy (non-hydrogen) atoms. The third kappa shape index (κ3) is 4.62. The van der Waals surface area contributed by atoms with E-state index in [0.717, 1.165) is 49.6 Å². The van der Waals surface area contributed by atoms with Gasteiger partial charge in [0.25, 0.3) is 0 Å². The molecule has 0 spiro atoms. The number of halogens is 2. The van der Waals surface area contributed by atoms with E-state index in [0.29, 0.717) is 38.8 Å². The third-order valence-electron chi connectivity index (χ3n) is 5.86. The van der Waals surface area contributed by atoms with Gasteiger partial charge in [-0.05, 0) is 68.2 Å². The van der Waals surface area contributed by atoms with Crippen LogP contribution >= 0.6 is 23.2 Å². The topological polar surface area (TPSA) is 76.9 Å². The molecule has 1 fully saturated rings. The molecule has 1 aliphatic heterocycles. The predicted octanol–water partition coefficient (Wildman–Crippen LogP) is 5.55. The first-order chi connectivity index (χ1) is 16.1. The number of rotatable bonds is 6. The van der Waals surface area contributed by atoms with E-state index in [4.69, 9.17) is 37.9 Å². The summed E-state index contributed by atoms with van der Waals surface area (Å²) in [5.41, 5.74) is 3.03. The van der Waals surface area contributed by atoms with E-state index in [9.17, 15) is 0 Å². The molecular weight excluding hydrogens is 459 g/mol. The number of benzene rings is 2. The number of fused-ring (bicyclic) bond motifs is 1. The van der Waals surface area contributed by atoms with E-state index in [1.807, 2.05) is 42.5 Å². The molecule has 0 unspecified atom stereocenters. The molecule has 0 aliphatic carbocycles. The molecule has 0 amide bonds. The van der Waals surface area contributed by atoms with E-state index >= 15 is 0 Å². The molecule has 5 rings (SSSR count). The molecule has 2 aromatic heterocycles. The standard InChI is InChI=1S/C24H24Cl2N6O/c1-33-17-9-7-16(8-10-17)29-24-28-13-20-22(31-24)32(14-15-4-3-11-27-12-15)23(30-20)21-18(25)5-2-6-19(21)26/h2,5-10,13,15,27H,3-4,11-12,14H2,1H3,(H,28,29,31)/t15-/m1/s1. The van der Waals surface area contributed by atoms with Gasteiger partial charge in [-0.2, -0.15) is 4.98 Å². The summed E-state index contributed by atoms with van der Waals surface area (Å²) in [6, 6.07) is 13.1. The van der Waals surface area contributed by atoms with Gasteiger partial charge in [0.1, 0.15) is 17.1 Å². The Hall–Kier alpha value is -2.87. The maximum atomic E-state index is 6.56. The summed E-state index contributed by atoms with van der Waals surface area (Å²) >= 11 is 13.1. The lowest BCUT2D eigenvalue weighted by Gasteiger charge is -2.24. The fourth-order valence-electron chi connectivity index (χ4n) is 4.20. The van der Waals surface area contributed by atoms with Gasteiger partial charge in [0.05, 0.1) is 28.9 Å². The van der Waals surface area contributed by atoms with E-state index in [-0.39, 0.29) is 0 Å². The zero-order valence-electron chi connectivity index (χ0n) is 18.2. The maximum absolute atomic E-state index is 6.56. The predicted molar refractivity (Wildman–Crippen MR) is 133 cm³/mol. The van der Waals surface area contributed by atoms with E-state index in [1.165, 1.54) is 0 Å². The average Bonchev–Trinajstić information content (AvgIpc) is 3.17. The number of anilines is 2. The van der Waals surface area contributed by atoms with Crippen molar-refractivity contribution < 1.29 is 4.74 Å². The van der Waals surface area contributed by atoms with Gasteiger partial charge in [-0.15, -0.1) is 0 Å². The Morgan fingerprint density at radius 1 is 1.12 bits per heavy atom. The van der Waals surface area contributed by atoms with Crippen molar-refractivity contribution in [1.29, 1.82) is 0 Å². The summed E-state index contributed by atoms with van der Waals surface area (Å²) in [5.74, 6) is 2.45. The number of nitrogens with one attached hydrogen (secondary N) is 2. The van der Waals surface area contributed by atoms with Crippen LogP contribution in [-0.4, -0.2) is 39.7 Å². The monoisotopic (exact) mass is 482 g/mol. The lowest BCUT2D eigenvalue weighted by molar-refractivity contribution is 0.341. The Morgan fingerprint density at radius 3 is 2.61 bits per heavy atom. The van der Waals surface area contributed by atoms with Crippen LogP contribution in [0.25, 0.3) is 22.6 Å². The van der Waals surface area contributed by atoms with Crippen molar-refractivity contribution in [2.45, 2.75) is 19.4 Å². The highest BCUT2D eigenvalue weighted by molar-refractivity contribution is 6.39. The second-order valence-corrected chi connectivity index (χ2v) is 8.93. The molecular formula is C24H24Cl2N6O. The molecule has 0 bridgehead atoms. The normalized spacial score (nSPS) is 16.2. The van der Waals surface area contributed by atoms with Crippen LogP contribution in [-0.2, 0) is 6.54 Å². The number of ether oxygens (including phenoxy) is 1. The number of nitrogens with zero attached hydrogens (tertiary/aromatic N) is 4. The second-order valence-electron chi connectivity index (χ2n) is 8.11. The summed E-state index contributed by atoms with van der Waals surface area (Å²) in [4.78, 5) is 14.1. The van der Waals surface area contributed by atoms with Gasteiger partial charge >= 0.3 is 0 Å². The van der Waals surface area contributed by atoms with Crippen LogP contribution in [0.2, 0.25) is 10.0 Å². The highest BCUT2D eigenvalue weighted by atomic mass is 35.5. The molecule has 0 saturated carbocycles. The number of imidazole rings is 1. The Balaban J connectivity index is 1.58. The maximum Gasteiger partial charge on any atom is 0.229 e. The Labute approximate surface area is 202 Å². The van der Waals surface area contributed by atoms with Crippen molar-refractivity contribution in [2.24, 2.45) is 5.92 Å². The number of methoxy groups -OCH3 is 1. The Kier molecular flexibility index (Phi) is 6.35. The minimum atomic E-state index is 0.462. The van der Waals surface area contributed by atoms with Gasteiger partial charge in [0, 0.05) is 12.2 Å². The SMILES string of the molecule is COc1ccc(Nc2ncc3nc(-c4c(Cl)cccc4Cl)n(C[C@@H]4CCCNC4)c3n2)cc1. The van der Waals surface area contributed by atoms with Crippen LogP contribution in [0.1, 0.15) is 12.8 Å². The summed E-state index contributed by atoms with van der Waals surface area (Å²) in [6.45, 7) is 2.78. The van der Waals surface area contributed by atoms with Gasteiger partial charge in [0.15, 0.2) is 5.65 Å². The van der Waals surface area contributed by atoms with Crippen LogP contribution in [0.15, 0.2) is 48.7 Å². The van der Waals surface area contributed by atoms with E-state index in [1.54, 1.807) is 13.3 Å². The molecule has 170 valence electrons. The van der Waals surface area contributed by atoms with Gasteiger partial charge in [-0.3, -0.25) is 0 Å². The van der Waals surface area contributed by atoms with Gasteiger partial charge in [-0.25, -0.2) is 9.97 Å². The van der Waals surface area contributed by atoms with E-state index < -0.39 is 0 Å². The average molecular weight is 483 g/mol. The molecule has 1 atom stereocenters. The molecule has 1 saturated heterocycles. The fourth-order valence-corrected chi connectivity index (χ4v) is 4.76. The lowest BCUT2D eigenvalue weighted by Crippen LogP contribution is -2.32. The van der Waals surface area contributed by atoms with Crippen molar-refractivity contribution in [3.63, 3.8) is 0 Å². The minimum absolute atomic E-state index is 0.462. The summed E-state index contributed by atoms with van der Waals surface area (Å²) < 4.78 is 7.36. The van der Waals surface area contributed by atoms with Crippen molar-refractivity contribution in [3.05, 3.63) is 58.7 Å². The van der Waals surface area contributed by atoms with Gasteiger partial charge in [0.2, 0.25) is 5.95 Å². The highest BCUT2D eigenvalue weighted by Crippen LogP contribution is 2.36. The molecule has 9 heteroatoms. The highest BCUT2D eigenvalue weighted by Gasteiger charge is 2.23. The number of aromatic nitrogens is 4. The first kappa shape index (κ1) is 21.9. The lowest BCUT2D eigenvalue weighted by atomic mass is 9.99. The molecule has 2 aromatic carbocycles. The molecule has 7 nitrogen and oxygen atoms in total. The van der Waals surface area contributed by atoms with Crippen molar-refractivity contribution >= 4 is 46.0 Å². The van der Waals surface area contributed by atoms with Crippen LogP contribution in [0.5, 0.6) is 5.75 Å². The summed E-state index contributed by atoms with van der Waals surface area (Å²) in [5, 5.41) is 7.88. The van der Waals surface area contributed by atoms with Crippen LogP contribution in [0, 0.1) is 5.92 Å². The van der Waals surface area contributed by atoms with E-state index in [2.05, 4.69) is 20.2 Å². The molecule has 0 radical (unpaired) electrons. The Morgan fingerprint density at radius 2 is 1.91 bits per heavy atom. The zero-order chi connectivity index (χ0) is 22.8. The smallest absolute Gasteiger partial charge is 0.229 e. The van der Waals surface area contributed by atoms with Crippen molar-refractivity contribution in [1.82, 2.24) is 24.8 Å². The van der Waals surface area contributed by atoms with Crippen molar-refractivity contribution in [3.8, 4) is 17.1 Å². The van der Waals surface area contributed by atoms with Crippen molar-refractivity contribution in [2.75, 3.05) is 25.5 Å². The molecule has 1 aliphatic rings. The summed E-state index contributed by atoms with van der Waals surface area (Å²) in [6.07, 6.45) is 4.03. The van der Waals surface area contributed by atoms with Crippen LogP contribution in [0.3, 0.4) is 0 Å². The molecule has 4 aromatic rings. The number of hydrogen-bond acceptors (Lipinski definition) is 6. The minimum Gasteiger partial charge on any atom is -0.497 e. The largest absolute Gasteiger partial charge is 0.497 e. The molecule has 2 N–H and O–H groups in total. The van der Waals surface area contributed by atoms with Gasteiger partial charge in [-0.1, -0.05) is 29.3 Å². The Bertz CT molecular complexity index is 1250. The van der Waals surface area contributed by atoms with Gasteiger partial charge < -0.3 is 19.9 Å². The van der Waals surface area contributed by atoms with Crippen LogP contribution < -0.4 is 15.4 Å². The first-order valence-corrected chi connectivity index (χ1v) is 11.7. The zero-order valence-corrected chi connectivity index (χ0v) is 19.7. The fraction of sp³-hybridized carbons (Fsp3) is 0.292. The first-order valence-electron chi connectivity index (χ1n) is 10.9. The quantitative estimate of drug-likeness (QED) is 0.375. The summed E-state index contributed by atoms with van der Waals surface area (Å²) in [7, 11) is 1.64. The number of piperidine rings is 1. The van der Waals surface area contributed by atoms with Crippen LogP contribution in [0.4, 0.5) is 11.6 Å². The second kappa shape index (κ2) is 9.55. The molecule has 3 heterocycles. The third-order valence-corrected chi connectivity index (χ3v) is 6.49.